The van der Waals surface area contributed by atoms with Gasteiger partial charge < -0.3 is 9.47 Å². The highest BCUT2D eigenvalue weighted by Crippen LogP contribution is 2.22. The lowest BCUT2D eigenvalue weighted by Gasteiger charge is -2.20. The summed E-state index contributed by atoms with van der Waals surface area (Å²) in [4.78, 5) is 0. The van der Waals surface area contributed by atoms with Crippen LogP contribution in [0.15, 0.2) is 0 Å². The first-order valence-electron chi connectivity index (χ1n) is 4.93. The van der Waals surface area contributed by atoms with Crippen LogP contribution in [0.25, 0.3) is 0 Å². The van der Waals surface area contributed by atoms with Gasteiger partial charge in [-0.15, -0.1) is 0 Å². The molecule has 1 aliphatic rings. The highest BCUT2D eigenvalue weighted by atomic mass is 16.5. The molecule has 0 saturated carbocycles. The summed E-state index contributed by atoms with van der Waals surface area (Å²) >= 11 is 0. The molecular formula is C9H20N2O2. The fourth-order valence-corrected chi connectivity index (χ4v) is 1.70. The Morgan fingerprint density at radius 2 is 2.46 bits per heavy atom. The number of rotatable bonds is 5. The molecule has 0 aromatic carbocycles. The molecule has 0 aliphatic carbocycles. The first-order valence-corrected chi connectivity index (χ1v) is 4.93. The average molecular weight is 188 g/mol. The van der Waals surface area contributed by atoms with Crippen LogP contribution in [0, 0.1) is 5.92 Å². The van der Waals surface area contributed by atoms with E-state index in [0.29, 0.717) is 18.6 Å². The monoisotopic (exact) mass is 188 g/mol. The predicted octanol–water partition coefficient (Wildman–Crippen LogP) is 0.280. The van der Waals surface area contributed by atoms with Crippen molar-refractivity contribution in [1.29, 1.82) is 0 Å². The van der Waals surface area contributed by atoms with Gasteiger partial charge in [0, 0.05) is 18.6 Å². The van der Waals surface area contributed by atoms with E-state index in [9.17, 15) is 0 Å². The van der Waals surface area contributed by atoms with Crippen molar-refractivity contribution < 1.29 is 9.47 Å². The Bertz CT molecular complexity index is 144. The smallest absolute Gasteiger partial charge is 0.0636 e. The Kier molecular flexibility index (Phi) is 4.66. The van der Waals surface area contributed by atoms with Crippen LogP contribution in [-0.4, -0.2) is 32.0 Å². The Hall–Kier alpha value is -0.160. The fraction of sp³-hybridized carbons (Fsp3) is 1.00. The van der Waals surface area contributed by atoms with Crippen molar-refractivity contribution >= 4 is 0 Å². The summed E-state index contributed by atoms with van der Waals surface area (Å²) in [5.41, 5.74) is 2.79. The van der Waals surface area contributed by atoms with E-state index in [4.69, 9.17) is 15.3 Å². The third kappa shape index (κ3) is 3.23. The van der Waals surface area contributed by atoms with Crippen LogP contribution >= 0.6 is 0 Å². The normalized spacial score (nSPS) is 30.7. The van der Waals surface area contributed by atoms with Gasteiger partial charge in [0.15, 0.2) is 0 Å². The van der Waals surface area contributed by atoms with E-state index in [0.717, 1.165) is 19.6 Å². The van der Waals surface area contributed by atoms with E-state index in [1.54, 1.807) is 0 Å². The van der Waals surface area contributed by atoms with E-state index in [1.807, 2.05) is 6.92 Å². The van der Waals surface area contributed by atoms with E-state index >= 15 is 0 Å². The summed E-state index contributed by atoms with van der Waals surface area (Å²) in [5, 5.41) is 0. The SMILES string of the molecule is CCOCC(NN)C1COC(C)C1. The quantitative estimate of drug-likeness (QED) is 0.480. The molecule has 3 atom stereocenters. The van der Waals surface area contributed by atoms with Crippen molar-refractivity contribution in [1.82, 2.24) is 5.43 Å². The zero-order chi connectivity index (χ0) is 9.68. The van der Waals surface area contributed by atoms with Crippen molar-refractivity contribution in [2.24, 2.45) is 11.8 Å². The van der Waals surface area contributed by atoms with Gasteiger partial charge in [-0.25, -0.2) is 0 Å². The molecule has 4 heteroatoms. The summed E-state index contributed by atoms with van der Waals surface area (Å²) < 4.78 is 10.8. The molecule has 1 heterocycles. The van der Waals surface area contributed by atoms with Crippen molar-refractivity contribution in [3.05, 3.63) is 0 Å². The number of nitrogens with one attached hydrogen (secondary N) is 1. The van der Waals surface area contributed by atoms with Crippen LogP contribution in [0.4, 0.5) is 0 Å². The van der Waals surface area contributed by atoms with Gasteiger partial charge in [-0.2, -0.15) is 0 Å². The number of ether oxygens (including phenoxy) is 2. The van der Waals surface area contributed by atoms with Gasteiger partial charge in [0.05, 0.1) is 19.3 Å². The Balaban J connectivity index is 2.29. The molecule has 0 amide bonds. The van der Waals surface area contributed by atoms with E-state index < -0.39 is 0 Å². The van der Waals surface area contributed by atoms with Gasteiger partial charge in [0.2, 0.25) is 0 Å². The van der Waals surface area contributed by atoms with Crippen LogP contribution in [0.5, 0.6) is 0 Å². The van der Waals surface area contributed by atoms with E-state index in [2.05, 4.69) is 12.3 Å². The molecule has 4 nitrogen and oxygen atoms in total. The lowest BCUT2D eigenvalue weighted by atomic mass is 9.98. The van der Waals surface area contributed by atoms with Crippen LogP contribution < -0.4 is 11.3 Å². The van der Waals surface area contributed by atoms with Gasteiger partial charge in [0.1, 0.15) is 0 Å². The van der Waals surface area contributed by atoms with Gasteiger partial charge in [-0.05, 0) is 20.3 Å². The summed E-state index contributed by atoms with van der Waals surface area (Å²) in [6.07, 6.45) is 1.43. The molecule has 0 spiro atoms. The number of hydrogen-bond donors (Lipinski definition) is 2. The zero-order valence-corrected chi connectivity index (χ0v) is 8.45. The maximum absolute atomic E-state index is 5.48. The lowest BCUT2D eigenvalue weighted by molar-refractivity contribution is 0.0883. The first kappa shape index (κ1) is 10.9. The number of hydrogen-bond acceptors (Lipinski definition) is 4. The second-order valence-electron chi connectivity index (χ2n) is 3.57. The van der Waals surface area contributed by atoms with Gasteiger partial charge in [0.25, 0.3) is 0 Å². The standard InChI is InChI=1S/C9H20N2O2/c1-3-12-6-9(11-10)8-4-7(2)13-5-8/h7-9,11H,3-6,10H2,1-2H3. The molecule has 1 rings (SSSR count). The molecule has 78 valence electrons. The second kappa shape index (κ2) is 5.54. The van der Waals surface area contributed by atoms with Crippen molar-refractivity contribution in [3.8, 4) is 0 Å². The molecule has 0 bridgehead atoms. The third-order valence-electron chi connectivity index (χ3n) is 2.51. The van der Waals surface area contributed by atoms with E-state index in [-0.39, 0.29) is 6.04 Å². The summed E-state index contributed by atoms with van der Waals surface area (Å²) in [5.74, 6) is 5.95. The molecule has 0 aromatic rings. The summed E-state index contributed by atoms with van der Waals surface area (Å²) in [7, 11) is 0. The number of nitrogens with two attached hydrogens (primary N) is 1. The zero-order valence-electron chi connectivity index (χ0n) is 8.45. The van der Waals surface area contributed by atoms with E-state index in [1.165, 1.54) is 0 Å². The van der Waals surface area contributed by atoms with Crippen molar-refractivity contribution in [2.75, 3.05) is 19.8 Å². The lowest BCUT2D eigenvalue weighted by Crippen LogP contribution is -2.44. The van der Waals surface area contributed by atoms with Crippen molar-refractivity contribution in [2.45, 2.75) is 32.4 Å². The molecule has 1 aliphatic heterocycles. The summed E-state index contributed by atoms with van der Waals surface area (Å²) in [6.45, 7) is 6.29. The summed E-state index contributed by atoms with van der Waals surface area (Å²) in [6, 6.07) is 0.227. The Labute approximate surface area is 79.7 Å². The molecule has 1 saturated heterocycles. The minimum atomic E-state index is 0.227. The highest BCUT2D eigenvalue weighted by molar-refractivity contribution is 4.80. The Morgan fingerprint density at radius 1 is 1.69 bits per heavy atom. The second-order valence-corrected chi connectivity index (χ2v) is 3.57. The number of hydrazine groups is 1. The maximum Gasteiger partial charge on any atom is 0.0636 e. The van der Waals surface area contributed by atoms with Crippen LogP contribution in [-0.2, 0) is 9.47 Å². The van der Waals surface area contributed by atoms with Gasteiger partial charge in [-0.3, -0.25) is 11.3 Å². The minimum Gasteiger partial charge on any atom is -0.380 e. The van der Waals surface area contributed by atoms with Crippen LogP contribution in [0.1, 0.15) is 20.3 Å². The molecule has 3 unspecified atom stereocenters. The molecular weight excluding hydrogens is 168 g/mol. The predicted molar refractivity (Wildman–Crippen MR) is 51.1 cm³/mol. The largest absolute Gasteiger partial charge is 0.380 e. The molecule has 1 fully saturated rings. The van der Waals surface area contributed by atoms with Gasteiger partial charge >= 0.3 is 0 Å². The molecule has 0 aromatic heterocycles. The first-order chi connectivity index (χ1) is 6.27. The van der Waals surface area contributed by atoms with Crippen LogP contribution in [0.3, 0.4) is 0 Å². The minimum absolute atomic E-state index is 0.227. The highest BCUT2D eigenvalue weighted by Gasteiger charge is 2.28. The molecule has 13 heavy (non-hydrogen) atoms. The average Bonchev–Trinajstić information content (AvgIpc) is 2.54. The van der Waals surface area contributed by atoms with Crippen molar-refractivity contribution in [3.63, 3.8) is 0 Å². The Morgan fingerprint density at radius 3 is 2.92 bits per heavy atom. The topological polar surface area (TPSA) is 56.5 Å². The third-order valence-corrected chi connectivity index (χ3v) is 2.51. The molecule has 3 N–H and O–H groups in total. The fourth-order valence-electron chi connectivity index (χ4n) is 1.70. The van der Waals surface area contributed by atoms with Gasteiger partial charge in [-0.1, -0.05) is 0 Å². The maximum atomic E-state index is 5.48. The molecule has 0 radical (unpaired) electrons. The van der Waals surface area contributed by atoms with Crippen LogP contribution in [0.2, 0.25) is 0 Å².